The van der Waals surface area contributed by atoms with Crippen molar-refractivity contribution in [3.63, 3.8) is 0 Å². The Morgan fingerprint density at radius 1 is 0.976 bits per heavy atom. The molecule has 0 aliphatic rings. The van der Waals surface area contributed by atoms with Crippen molar-refractivity contribution in [1.82, 2.24) is 4.98 Å². The van der Waals surface area contributed by atoms with Gasteiger partial charge in [0.1, 0.15) is 0 Å². The van der Waals surface area contributed by atoms with Crippen molar-refractivity contribution in [1.29, 1.82) is 0 Å². The Morgan fingerprint density at radius 2 is 1.66 bits per heavy atom. The van der Waals surface area contributed by atoms with Gasteiger partial charge in [0.2, 0.25) is 5.13 Å². The summed E-state index contributed by atoms with van der Waals surface area (Å²) in [6.45, 7) is 1.40. The molecule has 0 aliphatic heterocycles. The van der Waals surface area contributed by atoms with Crippen molar-refractivity contribution in [2.45, 2.75) is 11.1 Å². The van der Waals surface area contributed by atoms with Crippen LogP contribution >= 0.6 is 34.5 Å². The van der Waals surface area contributed by atoms with E-state index in [1.807, 2.05) is 29.6 Å². The number of rotatable bonds is 12. The molecule has 0 fully saturated rings. The van der Waals surface area contributed by atoms with E-state index >= 15 is 0 Å². The van der Waals surface area contributed by atoms with Gasteiger partial charge in [-0.05, 0) is 48.0 Å². The van der Waals surface area contributed by atoms with Crippen molar-refractivity contribution >= 4 is 67.3 Å². The number of nitrogens with zero attached hydrogens (tertiary/aromatic N) is 3. The van der Waals surface area contributed by atoms with Gasteiger partial charge in [0, 0.05) is 47.2 Å². The number of benzene rings is 3. The summed E-state index contributed by atoms with van der Waals surface area (Å²) < 4.78 is 66.5. The molecule has 0 amide bonds. The van der Waals surface area contributed by atoms with Crippen LogP contribution in [0.4, 0.5) is 29.7 Å². The number of hydrogen-bond acceptors (Lipinski definition) is 7. The van der Waals surface area contributed by atoms with Crippen LogP contribution in [-0.4, -0.2) is 44.5 Å². The SMILES string of the molecule is O=S(=O)(Nc1ccc(-c2csc(N/N=C/c3ccc(N(CCCl)CCCl)cc3)n2)cc1)c1cccc(C(F)(F)F)c1. The molecule has 4 aromatic rings. The molecule has 0 spiro atoms. The number of sulfonamides is 1. The monoisotopic (exact) mass is 641 g/mol. The lowest BCUT2D eigenvalue weighted by atomic mass is 10.1. The minimum Gasteiger partial charge on any atom is -0.369 e. The molecule has 4 rings (SSSR count). The number of halogens is 5. The van der Waals surface area contributed by atoms with E-state index in [9.17, 15) is 21.6 Å². The average Bonchev–Trinajstić information content (AvgIpc) is 3.42. The van der Waals surface area contributed by atoms with Crippen molar-refractivity contribution < 1.29 is 21.6 Å². The number of hydrazone groups is 1. The molecule has 14 heteroatoms. The van der Waals surface area contributed by atoms with E-state index in [2.05, 4.69) is 25.1 Å². The fourth-order valence-electron chi connectivity index (χ4n) is 3.73. The predicted molar refractivity (Wildman–Crippen MR) is 161 cm³/mol. The van der Waals surface area contributed by atoms with Gasteiger partial charge < -0.3 is 4.90 Å². The maximum absolute atomic E-state index is 13.0. The molecule has 0 atom stereocenters. The Labute approximate surface area is 249 Å². The molecular weight excluding hydrogens is 618 g/mol. The van der Waals surface area contributed by atoms with E-state index in [0.29, 0.717) is 47.3 Å². The molecule has 7 nitrogen and oxygen atoms in total. The van der Waals surface area contributed by atoms with Crippen LogP contribution in [0.1, 0.15) is 11.1 Å². The smallest absolute Gasteiger partial charge is 0.369 e. The van der Waals surface area contributed by atoms with Crippen molar-refractivity contribution in [2.75, 3.05) is 39.9 Å². The molecule has 2 N–H and O–H groups in total. The molecule has 1 aromatic heterocycles. The zero-order valence-electron chi connectivity index (χ0n) is 21.3. The summed E-state index contributed by atoms with van der Waals surface area (Å²) in [6, 6.07) is 17.7. The van der Waals surface area contributed by atoms with Gasteiger partial charge in [-0.15, -0.1) is 34.5 Å². The zero-order valence-corrected chi connectivity index (χ0v) is 24.4. The van der Waals surface area contributed by atoms with E-state index in [-0.39, 0.29) is 5.69 Å². The first-order valence-electron chi connectivity index (χ1n) is 12.1. The van der Waals surface area contributed by atoms with Gasteiger partial charge in [-0.25, -0.2) is 13.4 Å². The lowest BCUT2D eigenvalue weighted by molar-refractivity contribution is -0.137. The van der Waals surface area contributed by atoms with E-state index in [0.717, 1.165) is 29.4 Å². The molecule has 0 saturated heterocycles. The maximum atomic E-state index is 13.0. The second-order valence-electron chi connectivity index (χ2n) is 8.57. The Balaban J connectivity index is 1.36. The third-order valence-corrected chi connectivity index (χ3v) is 8.21. The lowest BCUT2D eigenvalue weighted by Crippen LogP contribution is -2.27. The summed E-state index contributed by atoms with van der Waals surface area (Å²) in [5, 5.41) is 6.61. The fraction of sp³-hybridized carbons (Fsp3) is 0.185. The number of nitrogens with one attached hydrogen (secondary N) is 2. The molecule has 1 heterocycles. The third-order valence-electron chi connectivity index (χ3n) is 5.75. The topological polar surface area (TPSA) is 86.7 Å². The Hall–Kier alpha value is -3.32. The Bertz CT molecular complexity index is 1570. The molecular formula is C27H24Cl2F3N5O2S2. The Morgan fingerprint density at radius 3 is 2.29 bits per heavy atom. The van der Waals surface area contributed by atoms with Crippen molar-refractivity contribution in [2.24, 2.45) is 5.10 Å². The van der Waals surface area contributed by atoms with Crippen LogP contribution in [0.3, 0.4) is 0 Å². The first-order chi connectivity index (χ1) is 19.6. The highest BCUT2D eigenvalue weighted by atomic mass is 35.5. The van der Waals surface area contributed by atoms with Crippen LogP contribution in [0, 0.1) is 0 Å². The third kappa shape index (κ3) is 8.35. The molecule has 0 radical (unpaired) electrons. The second-order valence-corrected chi connectivity index (χ2v) is 11.9. The summed E-state index contributed by atoms with van der Waals surface area (Å²) in [5.74, 6) is 1.01. The molecule has 0 unspecified atom stereocenters. The highest BCUT2D eigenvalue weighted by molar-refractivity contribution is 7.92. The largest absolute Gasteiger partial charge is 0.416 e. The van der Waals surface area contributed by atoms with Gasteiger partial charge in [-0.3, -0.25) is 10.1 Å². The van der Waals surface area contributed by atoms with E-state index < -0.39 is 26.7 Å². The van der Waals surface area contributed by atoms with Crippen LogP contribution < -0.4 is 15.0 Å². The number of aromatic nitrogens is 1. The fourth-order valence-corrected chi connectivity index (χ4v) is 5.91. The van der Waals surface area contributed by atoms with Gasteiger partial charge in [0.15, 0.2) is 0 Å². The summed E-state index contributed by atoms with van der Waals surface area (Å²) in [7, 11) is -4.22. The van der Waals surface area contributed by atoms with Crippen LogP contribution in [0.25, 0.3) is 11.3 Å². The molecule has 216 valence electrons. The highest BCUT2D eigenvalue weighted by Crippen LogP contribution is 2.31. The number of thiazole rings is 1. The first kappa shape index (κ1) is 30.6. The number of hydrogen-bond donors (Lipinski definition) is 2. The maximum Gasteiger partial charge on any atom is 0.416 e. The van der Waals surface area contributed by atoms with Gasteiger partial charge in [-0.1, -0.05) is 30.3 Å². The molecule has 0 bridgehead atoms. The van der Waals surface area contributed by atoms with E-state index in [1.54, 1.807) is 18.3 Å². The standard InChI is InChI=1S/C27H24Cl2F3N5O2S2/c28-12-14-37(15-13-29)23-10-4-19(5-11-23)17-33-35-26-34-25(18-40-26)20-6-8-22(9-7-20)36-41(38,39)24-3-1-2-21(16-24)27(30,31)32/h1-11,16-18,36H,12-15H2,(H,34,35)/b33-17+. The van der Waals surface area contributed by atoms with Crippen LogP contribution in [0.5, 0.6) is 0 Å². The summed E-state index contributed by atoms with van der Waals surface area (Å²) in [6.07, 6.45) is -2.98. The predicted octanol–water partition coefficient (Wildman–Crippen LogP) is 7.36. The summed E-state index contributed by atoms with van der Waals surface area (Å²) in [4.78, 5) is 6.11. The molecule has 0 saturated carbocycles. The second kappa shape index (κ2) is 13.6. The number of anilines is 3. The van der Waals surface area contributed by atoms with Crippen molar-refractivity contribution in [3.05, 3.63) is 89.3 Å². The summed E-state index contributed by atoms with van der Waals surface area (Å²) in [5.41, 5.74) is 5.32. The number of alkyl halides is 5. The molecule has 3 aromatic carbocycles. The van der Waals surface area contributed by atoms with Crippen LogP contribution in [0.15, 0.2) is 88.2 Å². The van der Waals surface area contributed by atoms with Gasteiger partial charge in [-0.2, -0.15) is 18.3 Å². The Kier molecular flexibility index (Phi) is 10.1. The van der Waals surface area contributed by atoms with E-state index in [4.69, 9.17) is 23.2 Å². The van der Waals surface area contributed by atoms with E-state index in [1.165, 1.54) is 23.5 Å². The zero-order chi connectivity index (χ0) is 29.5. The average molecular weight is 643 g/mol. The van der Waals surface area contributed by atoms with Gasteiger partial charge in [0.05, 0.1) is 22.4 Å². The van der Waals surface area contributed by atoms with Gasteiger partial charge >= 0.3 is 6.18 Å². The minimum atomic E-state index is -4.65. The lowest BCUT2D eigenvalue weighted by Gasteiger charge is -2.22. The summed E-state index contributed by atoms with van der Waals surface area (Å²) >= 11 is 13.1. The normalized spacial score (nSPS) is 12.0. The minimum absolute atomic E-state index is 0.198. The first-order valence-corrected chi connectivity index (χ1v) is 15.5. The quantitative estimate of drug-likeness (QED) is 0.0959. The molecule has 0 aliphatic carbocycles. The highest BCUT2D eigenvalue weighted by Gasteiger charge is 2.31. The van der Waals surface area contributed by atoms with Crippen LogP contribution in [-0.2, 0) is 16.2 Å². The van der Waals surface area contributed by atoms with Crippen LogP contribution in [0.2, 0.25) is 0 Å². The molecule has 41 heavy (non-hydrogen) atoms. The van der Waals surface area contributed by atoms with Gasteiger partial charge in [0.25, 0.3) is 10.0 Å². The van der Waals surface area contributed by atoms with Crippen molar-refractivity contribution in [3.8, 4) is 11.3 Å².